The predicted molar refractivity (Wildman–Crippen MR) is 86.1 cm³/mol. The SMILES string of the molecule is Cc1cc(C)c(CSc2c(N)cccc2Cl)c(C)c1. The van der Waals surface area contributed by atoms with Crippen LogP contribution in [0.5, 0.6) is 0 Å². The maximum Gasteiger partial charge on any atom is 0.0562 e. The van der Waals surface area contributed by atoms with E-state index in [1.807, 2.05) is 18.2 Å². The first kappa shape index (κ1) is 14.3. The molecule has 0 amide bonds. The summed E-state index contributed by atoms with van der Waals surface area (Å²) >= 11 is 7.90. The lowest BCUT2D eigenvalue weighted by atomic mass is 10.0. The van der Waals surface area contributed by atoms with Crippen LogP contribution in [0.2, 0.25) is 5.02 Å². The molecule has 100 valence electrons. The van der Waals surface area contributed by atoms with Crippen LogP contribution in [0, 0.1) is 20.8 Å². The normalized spacial score (nSPS) is 10.7. The van der Waals surface area contributed by atoms with Crippen molar-refractivity contribution in [2.45, 2.75) is 31.4 Å². The molecule has 0 aliphatic heterocycles. The number of thioether (sulfide) groups is 1. The molecule has 2 rings (SSSR count). The van der Waals surface area contributed by atoms with Crippen molar-refractivity contribution in [3.63, 3.8) is 0 Å². The molecule has 19 heavy (non-hydrogen) atoms. The van der Waals surface area contributed by atoms with Crippen LogP contribution in [0.25, 0.3) is 0 Å². The molecule has 0 unspecified atom stereocenters. The number of nitrogens with two attached hydrogens (primary N) is 1. The zero-order valence-electron chi connectivity index (χ0n) is 11.5. The zero-order valence-corrected chi connectivity index (χ0v) is 13.0. The van der Waals surface area contributed by atoms with Gasteiger partial charge in [-0.2, -0.15) is 0 Å². The Morgan fingerprint density at radius 3 is 2.32 bits per heavy atom. The van der Waals surface area contributed by atoms with Crippen LogP contribution in [0.15, 0.2) is 35.2 Å². The van der Waals surface area contributed by atoms with Crippen molar-refractivity contribution >= 4 is 29.1 Å². The van der Waals surface area contributed by atoms with Gasteiger partial charge < -0.3 is 5.73 Å². The minimum Gasteiger partial charge on any atom is -0.398 e. The number of aryl methyl sites for hydroxylation is 3. The van der Waals surface area contributed by atoms with Crippen molar-refractivity contribution in [2.24, 2.45) is 0 Å². The first-order valence-electron chi connectivity index (χ1n) is 6.22. The highest BCUT2D eigenvalue weighted by atomic mass is 35.5. The van der Waals surface area contributed by atoms with Crippen LogP contribution in [-0.4, -0.2) is 0 Å². The van der Waals surface area contributed by atoms with E-state index in [2.05, 4.69) is 32.9 Å². The van der Waals surface area contributed by atoms with E-state index in [-0.39, 0.29) is 0 Å². The smallest absolute Gasteiger partial charge is 0.0562 e. The van der Waals surface area contributed by atoms with Gasteiger partial charge in [-0.05, 0) is 49.6 Å². The van der Waals surface area contributed by atoms with Gasteiger partial charge in [0.25, 0.3) is 0 Å². The number of anilines is 1. The Morgan fingerprint density at radius 1 is 1.11 bits per heavy atom. The van der Waals surface area contributed by atoms with Crippen molar-refractivity contribution < 1.29 is 0 Å². The minimum absolute atomic E-state index is 0.729. The van der Waals surface area contributed by atoms with Crippen molar-refractivity contribution in [3.05, 3.63) is 57.6 Å². The lowest BCUT2D eigenvalue weighted by molar-refractivity contribution is 1.21. The summed E-state index contributed by atoms with van der Waals surface area (Å²) in [4.78, 5) is 0.976. The largest absolute Gasteiger partial charge is 0.398 e. The van der Waals surface area contributed by atoms with Crippen LogP contribution in [-0.2, 0) is 5.75 Å². The summed E-state index contributed by atoms with van der Waals surface area (Å²) in [7, 11) is 0. The van der Waals surface area contributed by atoms with E-state index >= 15 is 0 Å². The first-order chi connectivity index (χ1) is 8.99. The highest BCUT2D eigenvalue weighted by molar-refractivity contribution is 7.98. The Balaban J connectivity index is 2.24. The Bertz CT molecular complexity index is 564. The van der Waals surface area contributed by atoms with Crippen LogP contribution in [0.3, 0.4) is 0 Å². The Labute approximate surface area is 124 Å². The number of hydrogen-bond donors (Lipinski definition) is 1. The van der Waals surface area contributed by atoms with Crippen LogP contribution in [0.4, 0.5) is 5.69 Å². The van der Waals surface area contributed by atoms with E-state index in [0.29, 0.717) is 0 Å². The van der Waals surface area contributed by atoms with E-state index in [1.54, 1.807) is 11.8 Å². The van der Waals surface area contributed by atoms with Gasteiger partial charge >= 0.3 is 0 Å². The summed E-state index contributed by atoms with van der Waals surface area (Å²) in [6.45, 7) is 6.45. The molecule has 0 atom stereocenters. The van der Waals surface area contributed by atoms with Crippen LogP contribution >= 0.6 is 23.4 Å². The maximum absolute atomic E-state index is 6.20. The zero-order chi connectivity index (χ0) is 14.0. The van der Waals surface area contributed by atoms with E-state index in [9.17, 15) is 0 Å². The second kappa shape index (κ2) is 5.89. The van der Waals surface area contributed by atoms with Gasteiger partial charge in [0.15, 0.2) is 0 Å². The van der Waals surface area contributed by atoms with Gasteiger partial charge in [-0.1, -0.05) is 35.4 Å². The highest BCUT2D eigenvalue weighted by Gasteiger charge is 2.09. The number of halogens is 1. The molecule has 0 aromatic heterocycles. The van der Waals surface area contributed by atoms with Crippen molar-refractivity contribution in [3.8, 4) is 0 Å². The second-order valence-electron chi connectivity index (χ2n) is 4.82. The van der Waals surface area contributed by atoms with Crippen molar-refractivity contribution in [2.75, 3.05) is 5.73 Å². The van der Waals surface area contributed by atoms with E-state index in [0.717, 1.165) is 21.4 Å². The molecule has 2 aromatic carbocycles. The molecular weight excluding hydrogens is 274 g/mol. The second-order valence-corrected chi connectivity index (χ2v) is 6.22. The van der Waals surface area contributed by atoms with Gasteiger partial charge in [-0.15, -0.1) is 11.8 Å². The van der Waals surface area contributed by atoms with E-state index in [1.165, 1.54) is 22.3 Å². The molecule has 0 saturated heterocycles. The summed E-state index contributed by atoms with van der Waals surface area (Å²) in [5, 5.41) is 0.729. The third-order valence-electron chi connectivity index (χ3n) is 3.20. The highest BCUT2D eigenvalue weighted by Crippen LogP contribution is 2.35. The molecule has 0 fully saturated rings. The third-order valence-corrected chi connectivity index (χ3v) is 4.80. The maximum atomic E-state index is 6.20. The summed E-state index contributed by atoms with van der Waals surface area (Å²) in [5.41, 5.74) is 12.1. The van der Waals surface area contributed by atoms with Gasteiger partial charge in [-0.25, -0.2) is 0 Å². The Kier molecular flexibility index (Phi) is 4.43. The van der Waals surface area contributed by atoms with Crippen LogP contribution in [0.1, 0.15) is 22.3 Å². The molecule has 0 spiro atoms. The average molecular weight is 292 g/mol. The molecule has 0 aliphatic carbocycles. The summed E-state index contributed by atoms with van der Waals surface area (Å²) < 4.78 is 0. The lowest BCUT2D eigenvalue weighted by Crippen LogP contribution is -1.94. The average Bonchev–Trinajstić information content (AvgIpc) is 2.31. The van der Waals surface area contributed by atoms with Gasteiger partial charge in [-0.3, -0.25) is 0 Å². The summed E-state index contributed by atoms with van der Waals surface area (Å²) in [6, 6.07) is 10.1. The van der Waals surface area contributed by atoms with E-state index in [4.69, 9.17) is 17.3 Å². The molecule has 2 N–H and O–H groups in total. The molecule has 0 saturated carbocycles. The molecule has 1 nitrogen and oxygen atoms in total. The number of nitrogen functional groups attached to an aromatic ring is 1. The number of rotatable bonds is 3. The Hall–Kier alpha value is -1.12. The topological polar surface area (TPSA) is 26.0 Å². The molecule has 0 heterocycles. The van der Waals surface area contributed by atoms with Crippen LogP contribution < -0.4 is 5.73 Å². The monoisotopic (exact) mass is 291 g/mol. The van der Waals surface area contributed by atoms with E-state index < -0.39 is 0 Å². The van der Waals surface area contributed by atoms with Crippen molar-refractivity contribution in [1.29, 1.82) is 0 Å². The fraction of sp³-hybridized carbons (Fsp3) is 0.250. The molecular formula is C16H18ClNS. The molecule has 2 aromatic rings. The summed E-state index contributed by atoms with van der Waals surface area (Å²) in [6.07, 6.45) is 0. The molecule has 0 radical (unpaired) electrons. The summed E-state index contributed by atoms with van der Waals surface area (Å²) in [5.74, 6) is 0.895. The molecule has 0 bridgehead atoms. The quantitative estimate of drug-likeness (QED) is 0.626. The van der Waals surface area contributed by atoms with Gasteiger partial charge in [0.1, 0.15) is 0 Å². The standard InChI is InChI=1S/C16H18ClNS/c1-10-7-11(2)13(12(3)8-10)9-19-16-14(17)5-4-6-15(16)18/h4-8H,9,18H2,1-3H3. The number of benzene rings is 2. The van der Waals surface area contributed by atoms with Gasteiger partial charge in [0, 0.05) is 16.3 Å². The molecule has 0 aliphatic rings. The molecule has 3 heteroatoms. The minimum atomic E-state index is 0.729. The van der Waals surface area contributed by atoms with Crippen molar-refractivity contribution in [1.82, 2.24) is 0 Å². The fourth-order valence-corrected chi connectivity index (χ4v) is 3.79. The predicted octanol–water partition coefficient (Wildman–Crippen LogP) is 5.14. The fourth-order valence-electron chi connectivity index (χ4n) is 2.26. The Morgan fingerprint density at radius 2 is 1.74 bits per heavy atom. The number of hydrogen-bond acceptors (Lipinski definition) is 2. The lowest BCUT2D eigenvalue weighted by Gasteiger charge is -2.12. The van der Waals surface area contributed by atoms with Gasteiger partial charge in [0.2, 0.25) is 0 Å². The van der Waals surface area contributed by atoms with Gasteiger partial charge in [0.05, 0.1) is 5.02 Å². The third kappa shape index (κ3) is 3.26. The first-order valence-corrected chi connectivity index (χ1v) is 7.59.